The van der Waals surface area contributed by atoms with Crippen molar-refractivity contribution in [2.24, 2.45) is 0 Å². The van der Waals surface area contributed by atoms with Crippen molar-refractivity contribution in [3.05, 3.63) is 52.5 Å². The van der Waals surface area contributed by atoms with E-state index < -0.39 is 5.91 Å². The maximum Gasteiger partial charge on any atom is 0.262 e. The van der Waals surface area contributed by atoms with Gasteiger partial charge in [0, 0.05) is 11.3 Å². The van der Waals surface area contributed by atoms with E-state index >= 15 is 0 Å². The Labute approximate surface area is 143 Å². The van der Waals surface area contributed by atoms with Crippen molar-refractivity contribution in [2.45, 2.75) is 0 Å². The van der Waals surface area contributed by atoms with Gasteiger partial charge in [0.25, 0.3) is 5.91 Å². The van der Waals surface area contributed by atoms with Crippen LogP contribution in [0.2, 0.25) is 5.02 Å². The minimum atomic E-state index is -0.405. The fraction of sp³-hybridized carbons (Fsp3) is 0.118. The molecule has 0 aliphatic carbocycles. The van der Waals surface area contributed by atoms with Crippen molar-refractivity contribution in [1.82, 2.24) is 0 Å². The Morgan fingerprint density at radius 3 is 2.71 bits per heavy atom. The molecule has 0 atom stereocenters. The first-order valence-electron chi connectivity index (χ1n) is 6.83. The Bertz CT molecular complexity index is 815. The number of nitrogens with zero attached hydrogens (tertiary/aromatic N) is 1. The maximum atomic E-state index is 11.9. The van der Waals surface area contributed by atoms with E-state index in [4.69, 9.17) is 26.3 Å². The van der Waals surface area contributed by atoms with Crippen LogP contribution >= 0.6 is 11.6 Å². The van der Waals surface area contributed by atoms with E-state index in [-0.39, 0.29) is 11.6 Å². The number of rotatable bonds is 6. The third kappa shape index (κ3) is 4.24. The number of methoxy groups -OCH3 is 1. The first-order chi connectivity index (χ1) is 11.6. The number of amides is 1. The minimum absolute atomic E-state index is 0.252. The smallest absolute Gasteiger partial charge is 0.262 e. The molecule has 0 aromatic heterocycles. The molecule has 24 heavy (non-hydrogen) atoms. The summed E-state index contributed by atoms with van der Waals surface area (Å²) in [5.74, 6) is 0.294. The van der Waals surface area contributed by atoms with Gasteiger partial charge < -0.3 is 14.8 Å². The quantitative estimate of drug-likeness (QED) is 0.813. The highest BCUT2D eigenvalue weighted by Crippen LogP contribution is 2.27. The second-order valence-corrected chi connectivity index (χ2v) is 5.08. The first-order valence-corrected chi connectivity index (χ1v) is 7.20. The second-order valence-electron chi connectivity index (χ2n) is 4.67. The van der Waals surface area contributed by atoms with Crippen LogP contribution in [0, 0.1) is 11.3 Å². The fourth-order valence-corrected chi connectivity index (χ4v) is 2.12. The standard InChI is InChI=1S/C17H13ClN2O4/c1-23-16-6-11(9-21)2-5-15(16)24-10-17(22)20-13-4-3-12(8-19)14(18)7-13/h2-7,9H,10H2,1H3,(H,20,22). The highest BCUT2D eigenvalue weighted by molar-refractivity contribution is 6.32. The number of nitriles is 1. The Balaban J connectivity index is 2.00. The average molecular weight is 345 g/mol. The van der Waals surface area contributed by atoms with E-state index in [9.17, 15) is 9.59 Å². The molecule has 0 aliphatic heterocycles. The van der Waals surface area contributed by atoms with E-state index in [1.54, 1.807) is 18.2 Å². The van der Waals surface area contributed by atoms with Gasteiger partial charge in [-0.3, -0.25) is 9.59 Å². The van der Waals surface area contributed by atoms with Gasteiger partial charge in [-0.1, -0.05) is 11.6 Å². The summed E-state index contributed by atoms with van der Waals surface area (Å²) in [6.07, 6.45) is 0.688. The van der Waals surface area contributed by atoms with Crippen LogP contribution in [0.5, 0.6) is 11.5 Å². The lowest BCUT2D eigenvalue weighted by Crippen LogP contribution is -2.20. The molecule has 0 heterocycles. The summed E-state index contributed by atoms with van der Waals surface area (Å²) in [5.41, 5.74) is 1.22. The maximum absolute atomic E-state index is 11.9. The zero-order valence-electron chi connectivity index (χ0n) is 12.7. The summed E-state index contributed by atoms with van der Waals surface area (Å²) in [4.78, 5) is 22.7. The topological polar surface area (TPSA) is 88.4 Å². The molecule has 2 aromatic carbocycles. The molecule has 2 rings (SSSR count). The number of anilines is 1. The number of halogens is 1. The zero-order chi connectivity index (χ0) is 17.5. The summed E-state index contributed by atoms with van der Waals surface area (Å²) in [6.45, 7) is -0.256. The molecular weight excluding hydrogens is 332 g/mol. The average Bonchev–Trinajstić information content (AvgIpc) is 2.60. The highest BCUT2D eigenvalue weighted by Gasteiger charge is 2.10. The molecule has 0 radical (unpaired) electrons. The zero-order valence-corrected chi connectivity index (χ0v) is 13.5. The van der Waals surface area contributed by atoms with Gasteiger partial charge in [-0.2, -0.15) is 5.26 Å². The predicted molar refractivity (Wildman–Crippen MR) is 88.7 cm³/mol. The summed E-state index contributed by atoms with van der Waals surface area (Å²) >= 11 is 5.90. The number of carbonyl (C=O) groups excluding carboxylic acids is 2. The summed E-state index contributed by atoms with van der Waals surface area (Å²) in [5, 5.41) is 11.7. The molecule has 0 aliphatic rings. The van der Waals surface area contributed by atoms with E-state index in [1.807, 2.05) is 6.07 Å². The number of ether oxygens (including phenoxy) is 2. The summed E-state index contributed by atoms with van der Waals surface area (Å²) < 4.78 is 10.5. The van der Waals surface area contributed by atoms with Crippen LogP contribution in [0.15, 0.2) is 36.4 Å². The number of hydrogen-bond acceptors (Lipinski definition) is 5. The fourth-order valence-electron chi connectivity index (χ4n) is 1.90. The van der Waals surface area contributed by atoms with Gasteiger partial charge in [-0.05, 0) is 36.4 Å². The number of aldehydes is 1. The second kappa shape index (κ2) is 7.99. The molecule has 1 amide bonds. The SMILES string of the molecule is COc1cc(C=O)ccc1OCC(=O)Nc1ccc(C#N)c(Cl)c1. The van der Waals surface area contributed by atoms with Gasteiger partial charge in [0.15, 0.2) is 18.1 Å². The van der Waals surface area contributed by atoms with Crippen LogP contribution in [0.4, 0.5) is 5.69 Å². The Hall–Kier alpha value is -3.04. The van der Waals surface area contributed by atoms with Gasteiger partial charge in [-0.15, -0.1) is 0 Å². The lowest BCUT2D eigenvalue weighted by molar-refractivity contribution is -0.118. The molecule has 7 heteroatoms. The van der Waals surface area contributed by atoms with Crippen LogP contribution in [-0.4, -0.2) is 25.9 Å². The molecule has 122 valence electrons. The van der Waals surface area contributed by atoms with Crippen molar-refractivity contribution in [3.63, 3.8) is 0 Å². The molecule has 6 nitrogen and oxygen atoms in total. The molecule has 0 spiro atoms. The Morgan fingerprint density at radius 1 is 1.29 bits per heavy atom. The first kappa shape index (κ1) is 17.3. The molecule has 0 bridgehead atoms. The normalized spacial score (nSPS) is 9.71. The lowest BCUT2D eigenvalue weighted by atomic mass is 10.2. The van der Waals surface area contributed by atoms with E-state index in [1.165, 1.54) is 25.3 Å². The number of nitrogens with one attached hydrogen (secondary N) is 1. The highest BCUT2D eigenvalue weighted by atomic mass is 35.5. The molecule has 0 unspecified atom stereocenters. The van der Waals surface area contributed by atoms with Gasteiger partial charge in [0.1, 0.15) is 12.4 Å². The number of hydrogen-bond donors (Lipinski definition) is 1. The van der Waals surface area contributed by atoms with E-state index in [0.717, 1.165) is 0 Å². The van der Waals surface area contributed by atoms with Crippen molar-refractivity contribution >= 4 is 29.5 Å². The van der Waals surface area contributed by atoms with Gasteiger partial charge in [0.2, 0.25) is 0 Å². The Morgan fingerprint density at radius 2 is 2.08 bits per heavy atom. The largest absolute Gasteiger partial charge is 0.493 e. The van der Waals surface area contributed by atoms with Gasteiger partial charge in [-0.25, -0.2) is 0 Å². The third-order valence-electron chi connectivity index (χ3n) is 3.06. The molecule has 2 aromatic rings. The Kier molecular flexibility index (Phi) is 5.77. The predicted octanol–water partition coefficient (Wildman–Crippen LogP) is 3.05. The van der Waals surface area contributed by atoms with Crippen LogP contribution in [-0.2, 0) is 4.79 Å². The lowest BCUT2D eigenvalue weighted by Gasteiger charge is -2.11. The molecular formula is C17H13ClN2O4. The van der Waals surface area contributed by atoms with Crippen LogP contribution < -0.4 is 14.8 Å². The van der Waals surface area contributed by atoms with Crippen LogP contribution in [0.25, 0.3) is 0 Å². The van der Waals surface area contributed by atoms with Crippen molar-refractivity contribution in [1.29, 1.82) is 5.26 Å². The van der Waals surface area contributed by atoms with Gasteiger partial charge >= 0.3 is 0 Å². The summed E-state index contributed by atoms with van der Waals surface area (Å²) in [7, 11) is 1.44. The molecule has 0 fully saturated rings. The van der Waals surface area contributed by atoms with Crippen molar-refractivity contribution < 1.29 is 19.1 Å². The molecule has 1 N–H and O–H groups in total. The van der Waals surface area contributed by atoms with Crippen LogP contribution in [0.1, 0.15) is 15.9 Å². The number of benzene rings is 2. The van der Waals surface area contributed by atoms with E-state index in [0.29, 0.717) is 34.6 Å². The van der Waals surface area contributed by atoms with Crippen molar-refractivity contribution in [2.75, 3.05) is 19.0 Å². The molecule has 0 saturated carbocycles. The van der Waals surface area contributed by atoms with Crippen LogP contribution in [0.3, 0.4) is 0 Å². The monoisotopic (exact) mass is 344 g/mol. The molecule has 0 saturated heterocycles. The van der Waals surface area contributed by atoms with Crippen molar-refractivity contribution in [3.8, 4) is 17.6 Å². The number of carbonyl (C=O) groups is 2. The third-order valence-corrected chi connectivity index (χ3v) is 3.37. The summed E-state index contributed by atoms with van der Waals surface area (Å²) in [6, 6.07) is 11.1. The van der Waals surface area contributed by atoms with E-state index in [2.05, 4.69) is 5.32 Å². The van der Waals surface area contributed by atoms with Gasteiger partial charge in [0.05, 0.1) is 17.7 Å². The minimum Gasteiger partial charge on any atom is -0.493 e.